The molecular formula is C12H12BrFO2. The minimum atomic E-state index is -0.643. The summed E-state index contributed by atoms with van der Waals surface area (Å²) in [7, 11) is 1.49. The van der Waals surface area contributed by atoms with Crippen LogP contribution in [0.15, 0.2) is 16.6 Å². The third-order valence-electron chi connectivity index (χ3n) is 3.14. The molecule has 1 aliphatic carbocycles. The molecule has 0 heterocycles. The van der Waals surface area contributed by atoms with Crippen LogP contribution in [-0.2, 0) is 10.2 Å². The van der Waals surface area contributed by atoms with Crippen molar-refractivity contribution in [3.63, 3.8) is 0 Å². The first-order valence-corrected chi connectivity index (χ1v) is 5.85. The molecule has 0 saturated heterocycles. The molecule has 1 fully saturated rings. The van der Waals surface area contributed by atoms with E-state index in [1.807, 2.05) is 0 Å². The standard InChI is InChI=1S/C12H12BrFO2/c1-7(15)12(3-4-12)11-9(14)5-8(13)6-10(11)16-2/h5-6H,3-4H2,1-2H3. The van der Waals surface area contributed by atoms with Crippen molar-refractivity contribution in [2.24, 2.45) is 0 Å². The second kappa shape index (κ2) is 3.84. The van der Waals surface area contributed by atoms with Crippen LogP contribution >= 0.6 is 15.9 Å². The third-order valence-corrected chi connectivity index (χ3v) is 3.60. The molecular weight excluding hydrogens is 275 g/mol. The van der Waals surface area contributed by atoms with Crippen LogP contribution in [0.4, 0.5) is 4.39 Å². The van der Waals surface area contributed by atoms with E-state index in [1.165, 1.54) is 20.1 Å². The fourth-order valence-corrected chi connectivity index (χ4v) is 2.49. The van der Waals surface area contributed by atoms with Crippen molar-refractivity contribution in [1.29, 1.82) is 0 Å². The molecule has 1 aromatic carbocycles. The van der Waals surface area contributed by atoms with Crippen LogP contribution in [0, 0.1) is 5.82 Å². The lowest BCUT2D eigenvalue weighted by molar-refractivity contribution is -0.119. The van der Waals surface area contributed by atoms with Crippen molar-refractivity contribution in [1.82, 2.24) is 0 Å². The zero-order chi connectivity index (χ0) is 11.9. The van der Waals surface area contributed by atoms with Gasteiger partial charge in [0.05, 0.1) is 12.5 Å². The Balaban J connectivity index is 2.60. The summed E-state index contributed by atoms with van der Waals surface area (Å²) >= 11 is 3.21. The van der Waals surface area contributed by atoms with E-state index < -0.39 is 5.41 Å². The van der Waals surface area contributed by atoms with Crippen molar-refractivity contribution in [3.8, 4) is 5.75 Å². The van der Waals surface area contributed by atoms with Gasteiger partial charge in [-0.25, -0.2) is 4.39 Å². The Hall–Kier alpha value is -0.900. The Labute approximate surface area is 102 Å². The second-order valence-electron chi connectivity index (χ2n) is 4.10. The summed E-state index contributed by atoms with van der Waals surface area (Å²) in [5.41, 5.74) is -0.235. The average Bonchev–Trinajstić information content (AvgIpc) is 2.97. The minimum absolute atomic E-state index is 0.00650. The summed E-state index contributed by atoms with van der Waals surface area (Å²) in [5, 5.41) is 0. The second-order valence-corrected chi connectivity index (χ2v) is 5.02. The number of benzene rings is 1. The molecule has 1 aliphatic rings. The number of Topliss-reactive ketones (excluding diaryl/α,β-unsaturated/α-hetero) is 1. The molecule has 0 atom stereocenters. The zero-order valence-corrected chi connectivity index (χ0v) is 10.7. The lowest BCUT2D eigenvalue weighted by atomic mass is 9.91. The van der Waals surface area contributed by atoms with E-state index in [-0.39, 0.29) is 11.6 Å². The first-order chi connectivity index (χ1) is 7.51. The maximum Gasteiger partial charge on any atom is 0.140 e. The minimum Gasteiger partial charge on any atom is -0.496 e. The molecule has 16 heavy (non-hydrogen) atoms. The Morgan fingerprint density at radius 1 is 1.50 bits per heavy atom. The van der Waals surface area contributed by atoms with Gasteiger partial charge >= 0.3 is 0 Å². The van der Waals surface area contributed by atoms with E-state index in [0.717, 1.165) is 0 Å². The predicted molar refractivity (Wildman–Crippen MR) is 62.2 cm³/mol. The van der Waals surface area contributed by atoms with E-state index in [9.17, 15) is 9.18 Å². The molecule has 0 spiro atoms. The van der Waals surface area contributed by atoms with Crippen molar-refractivity contribution in [2.45, 2.75) is 25.2 Å². The van der Waals surface area contributed by atoms with Crippen LogP contribution in [0.25, 0.3) is 0 Å². The van der Waals surface area contributed by atoms with Crippen molar-refractivity contribution in [2.75, 3.05) is 7.11 Å². The molecule has 0 unspecified atom stereocenters. The summed E-state index contributed by atoms with van der Waals surface area (Å²) in [6.07, 6.45) is 1.41. The Morgan fingerprint density at radius 2 is 2.12 bits per heavy atom. The molecule has 0 N–H and O–H groups in total. The van der Waals surface area contributed by atoms with Crippen LogP contribution in [0.2, 0.25) is 0 Å². The van der Waals surface area contributed by atoms with Crippen LogP contribution in [0.3, 0.4) is 0 Å². The molecule has 0 radical (unpaired) electrons. The molecule has 0 bridgehead atoms. The van der Waals surface area contributed by atoms with Gasteiger partial charge in [-0.1, -0.05) is 15.9 Å². The lowest BCUT2D eigenvalue weighted by Crippen LogP contribution is -2.19. The maximum atomic E-state index is 13.9. The number of carbonyl (C=O) groups excluding carboxylic acids is 1. The Morgan fingerprint density at radius 3 is 2.56 bits per heavy atom. The van der Waals surface area contributed by atoms with Crippen LogP contribution < -0.4 is 4.74 Å². The van der Waals surface area contributed by atoms with Crippen molar-refractivity contribution in [3.05, 3.63) is 28.0 Å². The van der Waals surface area contributed by atoms with E-state index >= 15 is 0 Å². The lowest BCUT2D eigenvalue weighted by Gasteiger charge is -2.17. The molecule has 0 amide bonds. The predicted octanol–water partition coefficient (Wildman–Crippen LogP) is 3.22. The SMILES string of the molecule is COc1cc(Br)cc(F)c1C1(C(C)=O)CC1. The van der Waals surface area contributed by atoms with Gasteiger partial charge in [-0.2, -0.15) is 0 Å². The van der Waals surface area contributed by atoms with Crippen LogP contribution in [0.5, 0.6) is 5.75 Å². The first kappa shape index (κ1) is 11.6. The molecule has 0 aliphatic heterocycles. The molecule has 0 aromatic heterocycles. The van der Waals surface area contributed by atoms with Gasteiger partial charge in [0.2, 0.25) is 0 Å². The molecule has 1 saturated carbocycles. The molecule has 86 valence electrons. The number of carbonyl (C=O) groups is 1. The van der Waals surface area contributed by atoms with Gasteiger partial charge < -0.3 is 4.74 Å². The topological polar surface area (TPSA) is 26.3 Å². The van der Waals surface area contributed by atoms with Crippen molar-refractivity contribution < 1.29 is 13.9 Å². The fourth-order valence-electron chi connectivity index (χ4n) is 2.08. The van der Waals surface area contributed by atoms with Gasteiger partial charge in [-0.3, -0.25) is 4.79 Å². The van der Waals surface area contributed by atoms with E-state index in [1.54, 1.807) is 6.07 Å². The average molecular weight is 287 g/mol. The Kier molecular flexibility index (Phi) is 2.78. The van der Waals surface area contributed by atoms with E-state index in [0.29, 0.717) is 28.6 Å². The highest BCUT2D eigenvalue weighted by molar-refractivity contribution is 9.10. The monoisotopic (exact) mass is 286 g/mol. The third kappa shape index (κ3) is 1.65. The first-order valence-electron chi connectivity index (χ1n) is 5.06. The number of methoxy groups -OCH3 is 1. The van der Waals surface area contributed by atoms with Gasteiger partial charge in [0.15, 0.2) is 0 Å². The number of hydrogen-bond donors (Lipinski definition) is 0. The smallest absolute Gasteiger partial charge is 0.140 e. The molecule has 1 aromatic rings. The number of rotatable bonds is 3. The van der Waals surface area contributed by atoms with E-state index in [2.05, 4.69) is 15.9 Å². The summed E-state index contributed by atoms with van der Waals surface area (Å²) in [4.78, 5) is 11.6. The quantitative estimate of drug-likeness (QED) is 0.853. The molecule has 2 nitrogen and oxygen atoms in total. The molecule has 2 rings (SSSR count). The largest absolute Gasteiger partial charge is 0.496 e. The van der Waals surface area contributed by atoms with Gasteiger partial charge in [0.25, 0.3) is 0 Å². The summed E-state index contributed by atoms with van der Waals surface area (Å²) in [6, 6.07) is 3.07. The van der Waals surface area contributed by atoms with Gasteiger partial charge in [-0.15, -0.1) is 0 Å². The normalized spacial score (nSPS) is 17.0. The van der Waals surface area contributed by atoms with E-state index in [4.69, 9.17) is 4.74 Å². The van der Waals surface area contributed by atoms with Crippen LogP contribution in [-0.4, -0.2) is 12.9 Å². The number of ketones is 1. The number of hydrogen-bond acceptors (Lipinski definition) is 2. The summed E-state index contributed by atoms with van der Waals surface area (Å²) in [5.74, 6) is 0.0746. The van der Waals surface area contributed by atoms with Crippen molar-refractivity contribution >= 4 is 21.7 Å². The van der Waals surface area contributed by atoms with Crippen LogP contribution in [0.1, 0.15) is 25.3 Å². The number of ether oxygens (including phenoxy) is 1. The van der Waals surface area contributed by atoms with Gasteiger partial charge in [0.1, 0.15) is 17.3 Å². The zero-order valence-electron chi connectivity index (χ0n) is 9.14. The molecule has 4 heteroatoms. The fraction of sp³-hybridized carbons (Fsp3) is 0.417. The summed E-state index contributed by atoms with van der Waals surface area (Å²) in [6.45, 7) is 1.51. The highest BCUT2D eigenvalue weighted by atomic mass is 79.9. The Bertz CT molecular complexity index is 453. The summed E-state index contributed by atoms with van der Waals surface area (Å²) < 4.78 is 19.7. The van der Waals surface area contributed by atoms with Gasteiger partial charge in [-0.05, 0) is 31.9 Å². The highest BCUT2D eigenvalue weighted by Gasteiger charge is 2.52. The van der Waals surface area contributed by atoms with Gasteiger partial charge in [0, 0.05) is 10.0 Å². The maximum absolute atomic E-state index is 13.9. The number of halogens is 2. The highest BCUT2D eigenvalue weighted by Crippen LogP contribution is 2.53.